The summed E-state index contributed by atoms with van der Waals surface area (Å²) in [6.45, 7) is 0.665. The van der Waals surface area contributed by atoms with Crippen LogP contribution in [0.3, 0.4) is 0 Å². The van der Waals surface area contributed by atoms with Crippen molar-refractivity contribution in [1.82, 2.24) is 10.3 Å². The van der Waals surface area contributed by atoms with Crippen molar-refractivity contribution in [2.45, 2.75) is 12.6 Å². The minimum atomic E-state index is -0.300. The van der Waals surface area contributed by atoms with E-state index in [1.165, 1.54) is 0 Å². The predicted molar refractivity (Wildman–Crippen MR) is 92.2 cm³/mol. The topological polar surface area (TPSA) is 42.0 Å². The lowest BCUT2D eigenvalue weighted by Gasteiger charge is -2.19. The van der Waals surface area contributed by atoms with Gasteiger partial charge in [0.1, 0.15) is 0 Å². The van der Waals surface area contributed by atoms with Crippen molar-refractivity contribution in [3.63, 3.8) is 0 Å². The van der Waals surface area contributed by atoms with Crippen LogP contribution in [-0.4, -0.2) is 16.8 Å². The second kappa shape index (κ2) is 5.78. The first-order valence-electron chi connectivity index (χ1n) is 7.71. The summed E-state index contributed by atoms with van der Waals surface area (Å²) in [4.78, 5) is 17.3. The summed E-state index contributed by atoms with van der Waals surface area (Å²) in [5.41, 5.74) is 3.53. The SMILES string of the molecule is O=C1c2cc3ccccc3nc2C=CC1NCc1ccccc1. The normalized spacial score (nSPS) is 16.5. The smallest absolute Gasteiger partial charge is 0.185 e. The fourth-order valence-electron chi connectivity index (χ4n) is 2.88. The van der Waals surface area contributed by atoms with Crippen LogP contribution in [0.4, 0.5) is 0 Å². The van der Waals surface area contributed by atoms with Crippen molar-refractivity contribution >= 4 is 22.8 Å². The van der Waals surface area contributed by atoms with Gasteiger partial charge in [0.15, 0.2) is 5.78 Å². The van der Waals surface area contributed by atoms with Crippen molar-refractivity contribution < 1.29 is 4.79 Å². The molecule has 1 heterocycles. The van der Waals surface area contributed by atoms with Gasteiger partial charge >= 0.3 is 0 Å². The van der Waals surface area contributed by atoms with E-state index in [-0.39, 0.29) is 11.8 Å². The molecule has 2 aromatic carbocycles. The van der Waals surface area contributed by atoms with E-state index in [0.717, 1.165) is 22.2 Å². The molecule has 4 rings (SSSR count). The van der Waals surface area contributed by atoms with Crippen LogP contribution in [0.1, 0.15) is 21.6 Å². The highest BCUT2D eigenvalue weighted by atomic mass is 16.1. The Morgan fingerprint density at radius 1 is 1.00 bits per heavy atom. The number of hydrogen-bond acceptors (Lipinski definition) is 3. The standard InChI is InChI=1S/C20H16N2O/c23-20-16-12-15-8-4-5-9-17(15)22-18(16)10-11-19(20)21-13-14-6-2-1-3-7-14/h1-12,19,21H,13H2. The monoisotopic (exact) mass is 300 g/mol. The van der Waals surface area contributed by atoms with Gasteiger partial charge < -0.3 is 0 Å². The molecule has 3 nitrogen and oxygen atoms in total. The molecule has 0 spiro atoms. The fourth-order valence-corrected chi connectivity index (χ4v) is 2.88. The number of rotatable bonds is 3. The van der Waals surface area contributed by atoms with Gasteiger partial charge in [-0.15, -0.1) is 0 Å². The number of aromatic nitrogens is 1. The molecule has 0 amide bonds. The number of carbonyl (C=O) groups is 1. The Morgan fingerprint density at radius 3 is 2.65 bits per heavy atom. The number of pyridine rings is 1. The number of fused-ring (bicyclic) bond motifs is 2. The number of nitrogens with one attached hydrogen (secondary N) is 1. The Labute approximate surface area is 134 Å². The summed E-state index contributed by atoms with van der Waals surface area (Å²) < 4.78 is 0. The van der Waals surface area contributed by atoms with E-state index >= 15 is 0 Å². The Morgan fingerprint density at radius 2 is 1.78 bits per heavy atom. The maximum absolute atomic E-state index is 12.7. The summed E-state index contributed by atoms with van der Waals surface area (Å²) in [5.74, 6) is 0.0803. The lowest BCUT2D eigenvalue weighted by atomic mass is 9.95. The second-order valence-corrected chi connectivity index (χ2v) is 5.68. The highest BCUT2D eigenvalue weighted by molar-refractivity contribution is 6.08. The van der Waals surface area contributed by atoms with Gasteiger partial charge in [-0.3, -0.25) is 10.1 Å². The molecule has 3 aromatic rings. The molecule has 0 aliphatic heterocycles. The largest absolute Gasteiger partial charge is 0.300 e. The fraction of sp³-hybridized carbons (Fsp3) is 0.100. The molecule has 1 unspecified atom stereocenters. The van der Waals surface area contributed by atoms with Crippen LogP contribution in [0, 0.1) is 0 Å². The van der Waals surface area contributed by atoms with Crippen LogP contribution >= 0.6 is 0 Å². The van der Waals surface area contributed by atoms with E-state index in [2.05, 4.69) is 10.3 Å². The molecule has 1 aromatic heterocycles. The molecule has 1 atom stereocenters. The summed E-state index contributed by atoms with van der Waals surface area (Å²) in [6, 6.07) is 19.6. The van der Waals surface area contributed by atoms with Crippen molar-refractivity contribution in [3.8, 4) is 0 Å². The summed E-state index contributed by atoms with van der Waals surface area (Å²) in [5, 5.41) is 4.31. The zero-order chi connectivity index (χ0) is 15.6. The molecule has 0 fully saturated rings. The van der Waals surface area contributed by atoms with Gasteiger partial charge in [-0.25, -0.2) is 4.98 Å². The third-order valence-corrected chi connectivity index (χ3v) is 4.12. The van der Waals surface area contributed by atoms with Crippen molar-refractivity contribution in [1.29, 1.82) is 0 Å². The van der Waals surface area contributed by atoms with E-state index in [4.69, 9.17) is 0 Å². The number of benzene rings is 2. The zero-order valence-corrected chi connectivity index (χ0v) is 12.6. The zero-order valence-electron chi connectivity index (χ0n) is 12.6. The number of ketones is 1. The van der Waals surface area contributed by atoms with E-state index < -0.39 is 0 Å². The quantitative estimate of drug-likeness (QED) is 0.803. The van der Waals surface area contributed by atoms with Crippen LogP contribution in [0.25, 0.3) is 17.0 Å². The third-order valence-electron chi connectivity index (χ3n) is 4.12. The number of carbonyl (C=O) groups excluding carboxylic acids is 1. The van der Waals surface area contributed by atoms with Gasteiger partial charge in [0.25, 0.3) is 0 Å². The molecule has 1 aliphatic carbocycles. The number of Topliss-reactive ketones (excluding diaryl/α,β-unsaturated/α-hetero) is 1. The maximum atomic E-state index is 12.7. The molecular weight excluding hydrogens is 284 g/mol. The summed E-state index contributed by atoms with van der Waals surface area (Å²) in [6.07, 6.45) is 3.83. The van der Waals surface area contributed by atoms with Gasteiger partial charge in [-0.1, -0.05) is 54.6 Å². The molecular formula is C20H16N2O. The molecule has 1 aliphatic rings. The molecule has 0 bridgehead atoms. The van der Waals surface area contributed by atoms with Crippen LogP contribution in [0.5, 0.6) is 0 Å². The minimum Gasteiger partial charge on any atom is -0.300 e. The van der Waals surface area contributed by atoms with E-state index in [1.807, 2.05) is 72.8 Å². The highest BCUT2D eigenvalue weighted by Gasteiger charge is 2.24. The van der Waals surface area contributed by atoms with Gasteiger partial charge in [0.2, 0.25) is 0 Å². The number of nitrogens with zero attached hydrogens (tertiary/aromatic N) is 1. The highest BCUT2D eigenvalue weighted by Crippen LogP contribution is 2.23. The first kappa shape index (κ1) is 13.9. The number of para-hydroxylation sites is 1. The van der Waals surface area contributed by atoms with Crippen LogP contribution < -0.4 is 5.32 Å². The van der Waals surface area contributed by atoms with Gasteiger partial charge in [0, 0.05) is 17.5 Å². The molecule has 3 heteroatoms. The molecule has 1 N–H and O–H groups in total. The van der Waals surface area contributed by atoms with E-state index in [1.54, 1.807) is 0 Å². The van der Waals surface area contributed by atoms with Gasteiger partial charge in [-0.2, -0.15) is 0 Å². The minimum absolute atomic E-state index is 0.0803. The van der Waals surface area contributed by atoms with E-state index in [9.17, 15) is 4.79 Å². The lowest BCUT2D eigenvalue weighted by molar-refractivity contribution is 0.0961. The summed E-state index contributed by atoms with van der Waals surface area (Å²) >= 11 is 0. The first-order chi connectivity index (χ1) is 11.3. The van der Waals surface area contributed by atoms with Crippen molar-refractivity contribution in [2.24, 2.45) is 0 Å². The molecule has 23 heavy (non-hydrogen) atoms. The number of hydrogen-bond donors (Lipinski definition) is 1. The average Bonchev–Trinajstić information content (AvgIpc) is 2.61. The van der Waals surface area contributed by atoms with E-state index in [0.29, 0.717) is 12.1 Å². The first-order valence-corrected chi connectivity index (χ1v) is 7.71. The molecule has 0 saturated carbocycles. The predicted octanol–water partition coefficient (Wildman–Crippen LogP) is 3.60. The van der Waals surface area contributed by atoms with Crippen LogP contribution in [0.15, 0.2) is 66.7 Å². The Hall–Kier alpha value is -2.78. The Kier molecular flexibility index (Phi) is 3.48. The van der Waals surface area contributed by atoms with Gasteiger partial charge in [0.05, 0.1) is 17.3 Å². The van der Waals surface area contributed by atoms with Crippen molar-refractivity contribution in [3.05, 3.63) is 83.6 Å². The second-order valence-electron chi connectivity index (χ2n) is 5.68. The molecule has 0 radical (unpaired) electrons. The Bertz CT molecular complexity index is 900. The summed E-state index contributed by atoms with van der Waals surface area (Å²) in [7, 11) is 0. The van der Waals surface area contributed by atoms with Gasteiger partial charge in [-0.05, 0) is 23.8 Å². The third kappa shape index (κ3) is 2.67. The Balaban J connectivity index is 1.60. The van der Waals surface area contributed by atoms with Crippen LogP contribution in [-0.2, 0) is 6.54 Å². The average molecular weight is 300 g/mol. The molecule has 0 saturated heterocycles. The maximum Gasteiger partial charge on any atom is 0.185 e. The van der Waals surface area contributed by atoms with Crippen molar-refractivity contribution in [2.75, 3.05) is 0 Å². The van der Waals surface area contributed by atoms with Crippen LogP contribution in [0.2, 0.25) is 0 Å². The lowest BCUT2D eigenvalue weighted by Crippen LogP contribution is -2.36. The molecule has 112 valence electrons.